The van der Waals surface area contributed by atoms with Crippen LogP contribution in [0.4, 0.5) is 18.9 Å². The highest BCUT2D eigenvalue weighted by Gasteiger charge is 2.32. The molecule has 35 heavy (non-hydrogen) atoms. The lowest BCUT2D eigenvalue weighted by Gasteiger charge is -2.38. The van der Waals surface area contributed by atoms with Crippen LogP contribution in [0.1, 0.15) is 52.0 Å². The SMILES string of the molecule is NC1CCCCC1N(Cc1ccc(NC(=O)c2ccc(F)cc2)cc1)C(=O)c1cc(F)cc(F)c1. The first-order valence-electron chi connectivity index (χ1n) is 11.5. The van der Waals surface area contributed by atoms with Crippen molar-refractivity contribution in [3.63, 3.8) is 0 Å². The van der Waals surface area contributed by atoms with Gasteiger partial charge in [0, 0.05) is 41.5 Å². The molecule has 0 saturated heterocycles. The summed E-state index contributed by atoms with van der Waals surface area (Å²) in [7, 11) is 0. The second-order valence-corrected chi connectivity index (χ2v) is 8.76. The average molecular weight is 482 g/mol. The summed E-state index contributed by atoms with van der Waals surface area (Å²) < 4.78 is 40.7. The predicted molar refractivity (Wildman–Crippen MR) is 127 cm³/mol. The molecule has 0 bridgehead atoms. The smallest absolute Gasteiger partial charge is 0.255 e. The summed E-state index contributed by atoms with van der Waals surface area (Å²) in [6.07, 6.45) is 3.35. The maximum Gasteiger partial charge on any atom is 0.255 e. The quantitative estimate of drug-likeness (QED) is 0.504. The minimum absolute atomic E-state index is 0.0662. The van der Waals surface area contributed by atoms with Crippen LogP contribution in [0.15, 0.2) is 66.7 Å². The summed E-state index contributed by atoms with van der Waals surface area (Å²) in [5, 5.41) is 2.74. The first-order chi connectivity index (χ1) is 16.8. The zero-order valence-corrected chi connectivity index (χ0v) is 19.0. The molecule has 3 aromatic carbocycles. The van der Waals surface area contributed by atoms with Crippen LogP contribution in [0.25, 0.3) is 0 Å². The number of nitrogens with two attached hydrogens (primary N) is 1. The van der Waals surface area contributed by atoms with E-state index in [9.17, 15) is 22.8 Å². The topological polar surface area (TPSA) is 75.4 Å². The first-order valence-corrected chi connectivity index (χ1v) is 11.5. The molecule has 0 heterocycles. The van der Waals surface area contributed by atoms with E-state index in [0.717, 1.165) is 43.0 Å². The van der Waals surface area contributed by atoms with Crippen molar-refractivity contribution < 1.29 is 22.8 Å². The monoisotopic (exact) mass is 481 g/mol. The van der Waals surface area contributed by atoms with Crippen LogP contribution in [0.5, 0.6) is 0 Å². The Hall–Kier alpha value is -3.65. The number of nitrogens with zero attached hydrogens (tertiary/aromatic N) is 1. The van der Waals surface area contributed by atoms with E-state index in [1.54, 1.807) is 29.2 Å². The van der Waals surface area contributed by atoms with Gasteiger partial charge >= 0.3 is 0 Å². The fraction of sp³-hybridized carbons (Fsp3) is 0.259. The average Bonchev–Trinajstić information content (AvgIpc) is 2.83. The Kier molecular flexibility index (Phi) is 7.51. The third kappa shape index (κ3) is 6.08. The van der Waals surface area contributed by atoms with E-state index in [2.05, 4.69) is 5.32 Å². The molecular weight excluding hydrogens is 455 g/mol. The zero-order chi connectivity index (χ0) is 24.9. The zero-order valence-electron chi connectivity index (χ0n) is 19.0. The fourth-order valence-corrected chi connectivity index (χ4v) is 4.40. The Labute approximate surface area is 201 Å². The lowest BCUT2D eigenvalue weighted by atomic mass is 9.89. The van der Waals surface area contributed by atoms with E-state index in [-0.39, 0.29) is 30.1 Å². The lowest BCUT2D eigenvalue weighted by molar-refractivity contribution is 0.0582. The molecule has 2 atom stereocenters. The van der Waals surface area contributed by atoms with Crippen molar-refractivity contribution >= 4 is 17.5 Å². The number of nitrogens with one attached hydrogen (secondary N) is 1. The highest BCUT2D eigenvalue weighted by Crippen LogP contribution is 2.26. The molecule has 2 unspecified atom stereocenters. The van der Waals surface area contributed by atoms with E-state index in [1.807, 2.05) is 0 Å². The molecule has 8 heteroatoms. The molecule has 3 aromatic rings. The number of rotatable bonds is 6. The molecule has 1 fully saturated rings. The van der Waals surface area contributed by atoms with Crippen LogP contribution >= 0.6 is 0 Å². The van der Waals surface area contributed by atoms with Crippen molar-refractivity contribution in [3.8, 4) is 0 Å². The number of hydrogen-bond acceptors (Lipinski definition) is 3. The van der Waals surface area contributed by atoms with Gasteiger partial charge in [0.2, 0.25) is 0 Å². The normalized spacial score (nSPS) is 17.6. The maximum atomic E-state index is 13.8. The Morgan fingerprint density at radius 2 is 1.46 bits per heavy atom. The Morgan fingerprint density at radius 1 is 0.829 bits per heavy atom. The summed E-state index contributed by atoms with van der Waals surface area (Å²) in [4.78, 5) is 27.3. The number of anilines is 1. The van der Waals surface area contributed by atoms with E-state index in [0.29, 0.717) is 17.7 Å². The Morgan fingerprint density at radius 3 is 2.09 bits per heavy atom. The fourth-order valence-electron chi connectivity index (χ4n) is 4.40. The van der Waals surface area contributed by atoms with Gasteiger partial charge in [-0.25, -0.2) is 13.2 Å². The lowest BCUT2D eigenvalue weighted by Crippen LogP contribution is -2.51. The molecule has 5 nitrogen and oxygen atoms in total. The first kappa shape index (κ1) is 24.5. The predicted octanol–water partition coefficient (Wildman–Crippen LogP) is 5.27. The van der Waals surface area contributed by atoms with E-state index in [4.69, 9.17) is 5.73 Å². The second kappa shape index (κ2) is 10.7. The van der Waals surface area contributed by atoms with Crippen LogP contribution in [0, 0.1) is 17.5 Å². The van der Waals surface area contributed by atoms with Crippen molar-refractivity contribution in [1.29, 1.82) is 0 Å². The molecule has 3 N–H and O–H groups in total. The van der Waals surface area contributed by atoms with Crippen LogP contribution in [-0.4, -0.2) is 28.8 Å². The molecule has 0 radical (unpaired) electrons. The third-order valence-electron chi connectivity index (χ3n) is 6.22. The molecule has 182 valence electrons. The third-order valence-corrected chi connectivity index (χ3v) is 6.22. The number of halogens is 3. The highest BCUT2D eigenvalue weighted by molar-refractivity contribution is 6.04. The molecule has 0 aromatic heterocycles. The van der Waals surface area contributed by atoms with Crippen molar-refractivity contribution in [2.75, 3.05) is 5.32 Å². The summed E-state index contributed by atoms with van der Waals surface area (Å²) >= 11 is 0. The van der Waals surface area contributed by atoms with Crippen LogP contribution in [0.3, 0.4) is 0 Å². The van der Waals surface area contributed by atoms with Gasteiger partial charge in [0.15, 0.2) is 0 Å². The second-order valence-electron chi connectivity index (χ2n) is 8.76. The number of amides is 2. The largest absolute Gasteiger partial charge is 0.330 e. The van der Waals surface area contributed by atoms with Gasteiger partial charge in [0.05, 0.1) is 0 Å². The van der Waals surface area contributed by atoms with Crippen LogP contribution in [0.2, 0.25) is 0 Å². The van der Waals surface area contributed by atoms with Crippen molar-refractivity contribution in [1.82, 2.24) is 4.90 Å². The molecule has 1 aliphatic rings. The minimum Gasteiger partial charge on any atom is -0.330 e. The van der Waals surface area contributed by atoms with Gasteiger partial charge in [-0.05, 0) is 66.9 Å². The molecule has 1 aliphatic carbocycles. The number of carbonyl (C=O) groups is 2. The molecular formula is C27H26F3N3O2. The van der Waals surface area contributed by atoms with Gasteiger partial charge in [-0.1, -0.05) is 25.0 Å². The van der Waals surface area contributed by atoms with Crippen LogP contribution in [-0.2, 0) is 6.54 Å². The Balaban J connectivity index is 1.53. The van der Waals surface area contributed by atoms with Crippen LogP contribution < -0.4 is 11.1 Å². The molecule has 1 saturated carbocycles. The van der Waals surface area contributed by atoms with Crippen molar-refractivity contribution in [3.05, 3.63) is 101 Å². The van der Waals surface area contributed by atoms with Gasteiger partial charge in [-0.3, -0.25) is 9.59 Å². The van der Waals surface area contributed by atoms with E-state index in [1.165, 1.54) is 24.3 Å². The summed E-state index contributed by atoms with van der Waals surface area (Å²) in [5.41, 5.74) is 7.89. The summed E-state index contributed by atoms with van der Waals surface area (Å²) in [6, 6.07) is 14.4. The van der Waals surface area contributed by atoms with Gasteiger partial charge in [-0.2, -0.15) is 0 Å². The summed E-state index contributed by atoms with van der Waals surface area (Å²) in [6.45, 7) is 0.196. The Bertz CT molecular complexity index is 1180. The number of carbonyl (C=O) groups excluding carboxylic acids is 2. The van der Waals surface area contributed by atoms with Crippen molar-refractivity contribution in [2.24, 2.45) is 5.73 Å². The minimum atomic E-state index is -0.817. The van der Waals surface area contributed by atoms with E-state index < -0.39 is 23.4 Å². The van der Waals surface area contributed by atoms with Gasteiger partial charge < -0.3 is 16.0 Å². The van der Waals surface area contributed by atoms with E-state index >= 15 is 0 Å². The standard InChI is InChI=1S/C27H26F3N3O2/c28-20-9-7-18(8-10-20)26(34)32-23-11-5-17(6-12-23)16-33(25-4-2-1-3-24(25)31)27(35)19-13-21(29)15-22(30)14-19/h5-15,24-25H,1-4,16,31H2,(H,32,34). The highest BCUT2D eigenvalue weighted by atomic mass is 19.1. The number of hydrogen-bond donors (Lipinski definition) is 2. The summed E-state index contributed by atoms with van der Waals surface area (Å²) in [5.74, 6) is -2.93. The van der Waals surface area contributed by atoms with Crippen molar-refractivity contribution in [2.45, 2.75) is 44.3 Å². The molecule has 2 amide bonds. The van der Waals surface area contributed by atoms with Gasteiger partial charge in [0.1, 0.15) is 17.5 Å². The molecule has 0 aliphatic heterocycles. The van der Waals surface area contributed by atoms with Gasteiger partial charge in [-0.15, -0.1) is 0 Å². The molecule has 0 spiro atoms. The van der Waals surface area contributed by atoms with Gasteiger partial charge in [0.25, 0.3) is 11.8 Å². The maximum absolute atomic E-state index is 13.8. The molecule has 4 rings (SSSR count). The number of benzene rings is 3.